The number of halogens is 1. The maximum atomic E-state index is 12.5. The van der Waals surface area contributed by atoms with E-state index in [1.807, 2.05) is 48.5 Å². The lowest BCUT2D eigenvalue weighted by molar-refractivity contribution is 0.215. The third kappa shape index (κ3) is 4.07. The smallest absolute Gasteiger partial charge is 0.410 e. The van der Waals surface area contributed by atoms with Gasteiger partial charge in [-0.1, -0.05) is 60.1 Å². The third-order valence-electron chi connectivity index (χ3n) is 4.22. The molecule has 0 spiro atoms. The van der Waals surface area contributed by atoms with Gasteiger partial charge in [0.1, 0.15) is 17.1 Å². The van der Waals surface area contributed by atoms with Crippen LogP contribution >= 0.6 is 11.6 Å². The van der Waals surface area contributed by atoms with Crippen LogP contribution in [0.4, 0.5) is 16.3 Å². The molecule has 0 fully saturated rings. The van der Waals surface area contributed by atoms with Gasteiger partial charge in [0.05, 0.1) is 5.69 Å². The SMILES string of the molecule is Nc1c(NC(=O)Oc2ccccc2)c(-c2ccc(Cl)cc2)nn1-c1ccccc1. The number of benzene rings is 3. The largest absolute Gasteiger partial charge is 0.417 e. The average molecular weight is 405 g/mol. The molecule has 0 unspecified atom stereocenters. The molecule has 0 bridgehead atoms. The van der Waals surface area contributed by atoms with Gasteiger partial charge >= 0.3 is 6.09 Å². The predicted molar refractivity (Wildman–Crippen MR) is 115 cm³/mol. The Kier molecular flexibility index (Phi) is 5.18. The number of amides is 1. The number of hydrogen-bond acceptors (Lipinski definition) is 4. The summed E-state index contributed by atoms with van der Waals surface area (Å²) in [5, 5.41) is 7.95. The van der Waals surface area contributed by atoms with Crippen LogP contribution in [-0.2, 0) is 0 Å². The van der Waals surface area contributed by atoms with E-state index in [0.717, 1.165) is 11.3 Å². The summed E-state index contributed by atoms with van der Waals surface area (Å²) in [6.45, 7) is 0. The monoisotopic (exact) mass is 404 g/mol. The van der Waals surface area contributed by atoms with Crippen molar-refractivity contribution in [1.29, 1.82) is 0 Å². The molecule has 144 valence electrons. The summed E-state index contributed by atoms with van der Waals surface area (Å²) in [6, 6.07) is 25.3. The molecule has 0 atom stereocenters. The van der Waals surface area contributed by atoms with Crippen molar-refractivity contribution >= 4 is 29.2 Å². The average Bonchev–Trinajstić information content (AvgIpc) is 3.06. The summed E-state index contributed by atoms with van der Waals surface area (Å²) in [5.41, 5.74) is 8.74. The highest BCUT2D eigenvalue weighted by atomic mass is 35.5. The molecule has 29 heavy (non-hydrogen) atoms. The third-order valence-corrected chi connectivity index (χ3v) is 4.47. The molecule has 1 amide bonds. The second-order valence-electron chi connectivity index (χ2n) is 6.19. The van der Waals surface area contributed by atoms with Gasteiger partial charge < -0.3 is 10.5 Å². The Morgan fingerprint density at radius 1 is 0.931 bits per heavy atom. The van der Waals surface area contributed by atoms with Crippen molar-refractivity contribution in [3.63, 3.8) is 0 Å². The number of nitrogen functional groups attached to an aromatic ring is 1. The fourth-order valence-electron chi connectivity index (χ4n) is 2.85. The minimum absolute atomic E-state index is 0.283. The summed E-state index contributed by atoms with van der Waals surface area (Å²) >= 11 is 6.01. The second kappa shape index (κ2) is 8.08. The molecule has 0 saturated heterocycles. The first-order valence-electron chi connectivity index (χ1n) is 8.85. The highest BCUT2D eigenvalue weighted by molar-refractivity contribution is 6.30. The van der Waals surface area contributed by atoms with E-state index in [9.17, 15) is 4.79 Å². The number of hydrogen-bond donors (Lipinski definition) is 2. The number of nitrogens with one attached hydrogen (secondary N) is 1. The van der Waals surface area contributed by atoms with Crippen LogP contribution in [0.15, 0.2) is 84.9 Å². The van der Waals surface area contributed by atoms with Gasteiger partial charge in [-0.05, 0) is 36.4 Å². The van der Waals surface area contributed by atoms with E-state index in [4.69, 9.17) is 22.1 Å². The topological polar surface area (TPSA) is 82.2 Å². The van der Waals surface area contributed by atoms with E-state index in [2.05, 4.69) is 10.4 Å². The van der Waals surface area contributed by atoms with Crippen LogP contribution in [0.5, 0.6) is 5.75 Å². The van der Waals surface area contributed by atoms with Crippen LogP contribution < -0.4 is 15.8 Å². The summed E-state index contributed by atoms with van der Waals surface area (Å²) in [6.07, 6.45) is -0.661. The zero-order valence-electron chi connectivity index (χ0n) is 15.2. The van der Waals surface area contributed by atoms with Crippen LogP contribution in [0, 0.1) is 0 Å². The molecule has 0 saturated carbocycles. The number of ether oxygens (including phenoxy) is 1. The van der Waals surface area contributed by atoms with Crippen molar-refractivity contribution < 1.29 is 9.53 Å². The van der Waals surface area contributed by atoms with E-state index >= 15 is 0 Å². The van der Waals surface area contributed by atoms with Crippen LogP contribution in [-0.4, -0.2) is 15.9 Å². The van der Waals surface area contributed by atoms with Gasteiger partial charge in [-0.2, -0.15) is 5.10 Å². The Morgan fingerprint density at radius 3 is 2.21 bits per heavy atom. The fraction of sp³-hybridized carbons (Fsp3) is 0. The summed E-state index contributed by atoms with van der Waals surface area (Å²) in [4.78, 5) is 12.5. The molecule has 4 aromatic rings. The van der Waals surface area contributed by atoms with Gasteiger partial charge in [0, 0.05) is 10.6 Å². The first-order valence-corrected chi connectivity index (χ1v) is 9.23. The van der Waals surface area contributed by atoms with Gasteiger partial charge in [-0.3, -0.25) is 5.32 Å². The van der Waals surface area contributed by atoms with Crippen LogP contribution in [0.25, 0.3) is 16.9 Å². The van der Waals surface area contributed by atoms with E-state index in [-0.39, 0.29) is 5.82 Å². The molecule has 7 heteroatoms. The number of carbonyl (C=O) groups excluding carboxylic acids is 1. The number of rotatable bonds is 4. The number of carbonyl (C=O) groups is 1. The molecule has 4 rings (SSSR count). The molecule has 0 radical (unpaired) electrons. The Bertz CT molecular complexity index is 1130. The van der Waals surface area contributed by atoms with Crippen molar-refractivity contribution in [1.82, 2.24) is 9.78 Å². The molecule has 0 aliphatic rings. The van der Waals surface area contributed by atoms with Crippen molar-refractivity contribution in [2.24, 2.45) is 0 Å². The van der Waals surface area contributed by atoms with E-state index in [1.165, 1.54) is 0 Å². The highest BCUT2D eigenvalue weighted by Gasteiger charge is 2.21. The number of para-hydroxylation sites is 2. The Hall–Kier alpha value is -3.77. The first kappa shape index (κ1) is 18.6. The van der Waals surface area contributed by atoms with Gasteiger partial charge in [0.15, 0.2) is 5.82 Å². The lowest BCUT2D eigenvalue weighted by atomic mass is 10.1. The van der Waals surface area contributed by atoms with Gasteiger partial charge in [-0.15, -0.1) is 0 Å². The number of nitrogens with two attached hydrogens (primary N) is 1. The summed E-state index contributed by atoms with van der Waals surface area (Å²) in [5.74, 6) is 0.707. The molecule has 1 aromatic heterocycles. The van der Waals surface area contributed by atoms with Gasteiger partial charge in [0.25, 0.3) is 0 Å². The van der Waals surface area contributed by atoms with E-state index in [0.29, 0.717) is 22.2 Å². The molecule has 0 aliphatic carbocycles. The maximum absolute atomic E-state index is 12.5. The van der Waals surface area contributed by atoms with Crippen molar-refractivity contribution in [3.05, 3.63) is 90.0 Å². The summed E-state index contributed by atoms with van der Waals surface area (Å²) in [7, 11) is 0. The molecular weight excluding hydrogens is 388 g/mol. The number of aromatic nitrogens is 2. The Morgan fingerprint density at radius 2 is 1.55 bits per heavy atom. The highest BCUT2D eigenvalue weighted by Crippen LogP contribution is 2.34. The van der Waals surface area contributed by atoms with Crippen molar-refractivity contribution in [2.75, 3.05) is 11.1 Å². The van der Waals surface area contributed by atoms with Gasteiger partial charge in [-0.25, -0.2) is 9.48 Å². The second-order valence-corrected chi connectivity index (χ2v) is 6.63. The number of nitrogens with zero attached hydrogens (tertiary/aromatic N) is 2. The lowest BCUT2D eigenvalue weighted by Gasteiger charge is -2.08. The molecule has 6 nitrogen and oxygen atoms in total. The van der Waals surface area contributed by atoms with Crippen LogP contribution in [0.2, 0.25) is 5.02 Å². The quantitative estimate of drug-likeness (QED) is 0.478. The molecule has 0 aliphatic heterocycles. The molecule has 3 aromatic carbocycles. The standard InChI is InChI=1S/C22H17ClN4O2/c23-16-13-11-15(12-14-16)19-20(25-22(28)29-18-9-5-2-6-10-18)21(24)27(26-19)17-7-3-1-4-8-17/h1-14H,24H2,(H,25,28). The summed E-state index contributed by atoms with van der Waals surface area (Å²) < 4.78 is 6.91. The van der Waals surface area contributed by atoms with Crippen molar-refractivity contribution in [2.45, 2.75) is 0 Å². The number of anilines is 2. The van der Waals surface area contributed by atoms with Crippen LogP contribution in [0.1, 0.15) is 0 Å². The van der Waals surface area contributed by atoms with Gasteiger partial charge in [0.2, 0.25) is 0 Å². The zero-order valence-corrected chi connectivity index (χ0v) is 16.0. The van der Waals surface area contributed by atoms with E-state index in [1.54, 1.807) is 41.1 Å². The predicted octanol–water partition coefficient (Wildman–Crippen LogP) is 5.39. The van der Waals surface area contributed by atoms with Crippen LogP contribution in [0.3, 0.4) is 0 Å². The van der Waals surface area contributed by atoms with E-state index < -0.39 is 6.09 Å². The normalized spacial score (nSPS) is 10.5. The minimum Gasteiger partial charge on any atom is -0.410 e. The molecule has 1 heterocycles. The Labute approximate surface area is 172 Å². The zero-order chi connectivity index (χ0) is 20.2. The minimum atomic E-state index is -0.661. The molecule has 3 N–H and O–H groups in total. The lowest BCUT2D eigenvalue weighted by Crippen LogP contribution is -2.18. The van der Waals surface area contributed by atoms with Crippen molar-refractivity contribution in [3.8, 4) is 22.7 Å². The Balaban J connectivity index is 1.73. The maximum Gasteiger partial charge on any atom is 0.417 e. The molecular formula is C22H17ClN4O2. The fourth-order valence-corrected chi connectivity index (χ4v) is 2.98. The first-order chi connectivity index (χ1) is 14.1.